The Morgan fingerprint density at radius 2 is 2.12 bits per heavy atom. The van der Waals surface area contributed by atoms with E-state index in [9.17, 15) is 9.18 Å². The lowest BCUT2D eigenvalue weighted by Gasteiger charge is -2.14. The van der Waals surface area contributed by atoms with Gasteiger partial charge >= 0.3 is 5.97 Å². The zero-order valence-electron chi connectivity index (χ0n) is 9.53. The first-order valence-corrected chi connectivity index (χ1v) is 5.18. The van der Waals surface area contributed by atoms with Crippen molar-refractivity contribution in [2.75, 3.05) is 19.0 Å². The zero-order chi connectivity index (χ0) is 12.1. The van der Waals surface area contributed by atoms with Crippen LogP contribution in [0.2, 0.25) is 0 Å². The molecule has 0 aliphatic heterocycles. The molecule has 16 heavy (non-hydrogen) atoms. The molecule has 0 aliphatic rings. The molecule has 88 valence electrons. The van der Waals surface area contributed by atoms with Crippen molar-refractivity contribution < 1.29 is 14.3 Å². The molecule has 1 rings (SSSR count). The molecule has 0 amide bonds. The second-order valence-electron chi connectivity index (χ2n) is 3.93. The lowest BCUT2D eigenvalue weighted by atomic mass is 10.1. The second kappa shape index (κ2) is 5.49. The van der Waals surface area contributed by atoms with Crippen LogP contribution < -0.4 is 4.90 Å². The highest BCUT2D eigenvalue weighted by molar-refractivity contribution is 5.66. The summed E-state index contributed by atoms with van der Waals surface area (Å²) in [7, 11) is 3.56. The van der Waals surface area contributed by atoms with Gasteiger partial charge in [0.1, 0.15) is 5.82 Å². The van der Waals surface area contributed by atoms with E-state index in [-0.39, 0.29) is 12.2 Å². The quantitative estimate of drug-likeness (QED) is 0.835. The molecule has 0 radical (unpaired) electrons. The second-order valence-corrected chi connectivity index (χ2v) is 3.93. The number of carboxylic acids is 1. The number of aryl methyl sites for hydroxylation is 1. The Bertz CT molecular complexity index is 377. The topological polar surface area (TPSA) is 40.5 Å². The summed E-state index contributed by atoms with van der Waals surface area (Å²) in [5, 5.41) is 8.48. The van der Waals surface area contributed by atoms with E-state index in [0.29, 0.717) is 18.5 Å². The molecule has 0 saturated heterocycles. The first kappa shape index (κ1) is 12.5. The van der Waals surface area contributed by atoms with Gasteiger partial charge in [-0.15, -0.1) is 0 Å². The highest BCUT2D eigenvalue weighted by Gasteiger charge is 2.05. The molecular formula is C12H16FNO2. The summed E-state index contributed by atoms with van der Waals surface area (Å²) >= 11 is 0. The fourth-order valence-electron chi connectivity index (χ4n) is 1.51. The number of rotatable bonds is 5. The van der Waals surface area contributed by atoms with Gasteiger partial charge in [0.05, 0.1) is 5.69 Å². The molecule has 4 heteroatoms. The number of anilines is 1. The number of carboxylic acid groups (broad SMARTS) is 1. The number of hydrogen-bond acceptors (Lipinski definition) is 2. The van der Waals surface area contributed by atoms with E-state index in [4.69, 9.17) is 5.11 Å². The molecule has 3 nitrogen and oxygen atoms in total. The van der Waals surface area contributed by atoms with E-state index in [2.05, 4.69) is 0 Å². The van der Waals surface area contributed by atoms with Gasteiger partial charge in [0.25, 0.3) is 0 Å². The van der Waals surface area contributed by atoms with E-state index >= 15 is 0 Å². The fraction of sp³-hybridized carbons (Fsp3) is 0.417. The molecule has 0 saturated carbocycles. The molecule has 0 fully saturated rings. The highest BCUT2D eigenvalue weighted by atomic mass is 19.1. The summed E-state index contributed by atoms with van der Waals surface area (Å²) in [6.45, 7) is 0. The van der Waals surface area contributed by atoms with Crippen molar-refractivity contribution in [3.05, 3.63) is 29.6 Å². The summed E-state index contributed by atoms with van der Waals surface area (Å²) in [5.74, 6) is -1.08. The first-order chi connectivity index (χ1) is 7.50. The van der Waals surface area contributed by atoms with Crippen LogP contribution in [0.1, 0.15) is 18.4 Å². The predicted octanol–water partition coefficient (Wildman–Crippen LogP) is 2.30. The number of carbonyl (C=O) groups is 1. The Labute approximate surface area is 94.5 Å². The van der Waals surface area contributed by atoms with Crippen LogP contribution in [0.25, 0.3) is 0 Å². The minimum atomic E-state index is -0.814. The Hall–Kier alpha value is -1.58. The van der Waals surface area contributed by atoms with Crippen molar-refractivity contribution in [3.63, 3.8) is 0 Å². The standard InChI is InChI=1S/C12H16FNO2/c1-14(2)11-7-6-9(8-10(11)13)4-3-5-12(15)16/h6-8H,3-5H2,1-2H3,(H,15,16). The van der Waals surface area contributed by atoms with Crippen molar-refractivity contribution in [1.82, 2.24) is 0 Å². The van der Waals surface area contributed by atoms with Gasteiger partial charge < -0.3 is 10.0 Å². The third-order valence-electron chi connectivity index (χ3n) is 2.35. The van der Waals surface area contributed by atoms with Crippen molar-refractivity contribution in [3.8, 4) is 0 Å². The van der Waals surface area contributed by atoms with Crippen LogP contribution in [0.15, 0.2) is 18.2 Å². The molecule has 0 aliphatic carbocycles. The zero-order valence-corrected chi connectivity index (χ0v) is 9.53. The van der Waals surface area contributed by atoms with Gasteiger partial charge in [0.2, 0.25) is 0 Å². The van der Waals surface area contributed by atoms with Gasteiger partial charge in [0.15, 0.2) is 0 Å². The minimum Gasteiger partial charge on any atom is -0.481 e. The average molecular weight is 225 g/mol. The minimum absolute atomic E-state index is 0.122. The van der Waals surface area contributed by atoms with Gasteiger partial charge in [-0.05, 0) is 30.5 Å². The molecule has 1 aromatic carbocycles. The molecule has 1 aromatic rings. The van der Waals surface area contributed by atoms with Crippen LogP contribution in [-0.4, -0.2) is 25.2 Å². The third kappa shape index (κ3) is 3.53. The maximum absolute atomic E-state index is 13.5. The smallest absolute Gasteiger partial charge is 0.303 e. The Morgan fingerprint density at radius 1 is 1.44 bits per heavy atom. The van der Waals surface area contributed by atoms with Crippen molar-refractivity contribution in [2.24, 2.45) is 0 Å². The van der Waals surface area contributed by atoms with Gasteiger partial charge in [-0.1, -0.05) is 6.07 Å². The van der Waals surface area contributed by atoms with Crippen molar-refractivity contribution in [2.45, 2.75) is 19.3 Å². The normalized spacial score (nSPS) is 10.2. The maximum Gasteiger partial charge on any atom is 0.303 e. The third-order valence-corrected chi connectivity index (χ3v) is 2.35. The lowest BCUT2D eigenvalue weighted by molar-refractivity contribution is -0.137. The average Bonchev–Trinajstić information content (AvgIpc) is 2.16. The summed E-state index contributed by atoms with van der Waals surface area (Å²) < 4.78 is 13.5. The number of hydrogen-bond donors (Lipinski definition) is 1. The van der Waals surface area contributed by atoms with E-state index in [0.717, 1.165) is 5.56 Å². The predicted molar refractivity (Wildman–Crippen MR) is 61.3 cm³/mol. The molecule has 0 bridgehead atoms. The Morgan fingerprint density at radius 3 is 2.62 bits per heavy atom. The SMILES string of the molecule is CN(C)c1ccc(CCCC(=O)O)cc1F. The molecule has 1 N–H and O–H groups in total. The van der Waals surface area contributed by atoms with Crippen LogP contribution in [0.4, 0.5) is 10.1 Å². The number of benzene rings is 1. The Kier molecular flexibility index (Phi) is 4.28. The van der Waals surface area contributed by atoms with Crippen molar-refractivity contribution >= 4 is 11.7 Å². The van der Waals surface area contributed by atoms with E-state index in [1.54, 1.807) is 25.1 Å². The van der Waals surface area contributed by atoms with Gasteiger partial charge in [0, 0.05) is 20.5 Å². The number of aliphatic carboxylic acids is 1. The van der Waals surface area contributed by atoms with Crippen LogP contribution in [0, 0.1) is 5.82 Å². The molecule has 0 heterocycles. The summed E-state index contributed by atoms with van der Waals surface area (Å²) in [6, 6.07) is 5.02. The summed E-state index contributed by atoms with van der Waals surface area (Å²) in [5.41, 5.74) is 1.38. The number of halogens is 1. The maximum atomic E-state index is 13.5. The molecule has 0 unspecified atom stereocenters. The molecule has 0 spiro atoms. The van der Waals surface area contributed by atoms with Gasteiger partial charge in [-0.3, -0.25) is 4.79 Å². The first-order valence-electron chi connectivity index (χ1n) is 5.18. The van der Waals surface area contributed by atoms with Gasteiger partial charge in [-0.2, -0.15) is 0 Å². The molecular weight excluding hydrogens is 209 g/mol. The molecule has 0 aromatic heterocycles. The Balaban J connectivity index is 2.63. The van der Waals surface area contributed by atoms with E-state index in [1.165, 1.54) is 6.07 Å². The van der Waals surface area contributed by atoms with Gasteiger partial charge in [-0.25, -0.2) is 4.39 Å². The van der Waals surface area contributed by atoms with Crippen LogP contribution >= 0.6 is 0 Å². The lowest BCUT2D eigenvalue weighted by Crippen LogP contribution is -2.10. The monoisotopic (exact) mass is 225 g/mol. The number of nitrogens with zero attached hydrogens (tertiary/aromatic N) is 1. The van der Waals surface area contributed by atoms with Crippen molar-refractivity contribution in [1.29, 1.82) is 0 Å². The van der Waals surface area contributed by atoms with Crippen LogP contribution in [0.3, 0.4) is 0 Å². The molecule has 0 atom stereocenters. The summed E-state index contributed by atoms with van der Waals surface area (Å²) in [4.78, 5) is 12.0. The largest absolute Gasteiger partial charge is 0.481 e. The van der Waals surface area contributed by atoms with E-state index < -0.39 is 5.97 Å². The fourth-order valence-corrected chi connectivity index (χ4v) is 1.51. The highest BCUT2D eigenvalue weighted by Crippen LogP contribution is 2.19. The van der Waals surface area contributed by atoms with Crippen LogP contribution in [-0.2, 0) is 11.2 Å². The summed E-state index contributed by atoms with van der Waals surface area (Å²) in [6.07, 6.45) is 1.25. The van der Waals surface area contributed by atoms with E-state index in [1.807, 2.05) is 6.07 Å². The van der Waals surface area contributed by atoms with Crippen LogP contribution in [0.5, 0.6) is 0 Å².